The molecule has 4 rings (SSSR count). The van der Waals surface area contributed by atoms with E-state index in [1.54, 1.807) is 16.4 Å². The molecule has 0 N–H and O–H groups in total. The number of piperazine rings is 1. The van der Waals surface area contributed by atoms with Crippen LogP contribution in [0.2, 0.25) is 0 Å². The van der Waals surface area contributed by atoms with Crippen LogP contribution in [-0.4, -0.2) is 43.8 Å². The van der Waals surface area contributed by atoms with Crippen LogP contribution in [-0.2, 0) is 15.4 Å². The third-order valence-electron chi connectivity index (χ3n) is 5.73. The van der Waals surface area contributed by atoms with Crippen LogP contribution in [0.15, 0.2) is 53.4 Å². The van der Waals surface area contributed by atoms with Gasteiger partial charge in [0.2, 0.25) is 10.0 Å². The fourth-order valence-corrected chi connectivity index (χ4v) is 5.96. The van der Waals surface area contributed by atoms with Crippen molar-refractivity contribution >= 4 is 10.0 Å². The van der Waals surface area contributed by atoms with Crippen LogP contribution in [0, 0.1) is 6.92 Å². The van der Waals surface area contributed by atoms with Crippen LogP contribution in [0.1, 0.15) is 36.6 Å². The monoisotopic (exact) mass is 370 g/mol. The van der Waals surface area contributed by atoms with Crippen molar-refractivity contribution in [2.45, 2.75) is 37.1 Å². The maximum atomic E-state index is 13.2. The summed E-state index contributed by atoms with van der Waals surface area (Å²) in [5, 5.41) is 0. The normalized spacial score (nSPS) is 23.3. The molecule has 138 valence electrons. The number of hydrogen-bond donors (Lipinski definition) is 0. The zero-order valence-electron chi connectivity index (χ0n) is 15.6. The highest BCUT2D eigenvalue weighted by Gasteiger charge is 2.42. The van der Waals surface area contributed by atoms with Gasteiger partial charge in [-0.15, -0.1) is 0 Å². The third kappa shape index (κ3) is 2.88. The number of hydrogen-bond acceptors (Lipinski definition) is 3. The highest BCUT2D eigenvalue weighted by Crippen LogP contribution is 2.41. The lowest BCUT2D eigenvalue weighted by atomic mass is 9.75. The minimum Gasteiger partial charge on any atom is -0.293 e. The molecule has 2 aromatic carbocycles. The molecule has 1 fully saturated rings. The van der Waals surface area contributed by atoms with Gasteiger partial charge in [-0.1, -0.05) is 50.2 Å². The van der Waals surface area contributed by atoms with Crippen molar-refractivity contribution in [1.29, 1.82) is 0 Å². The van der Waals surface area contributed by atoms with Crippen LogP contribution < -0.4 is 0 Å². The lowest BCUT2D eigenvalue weighted by molar-refractivity contribution is 0.0807. The molecule has 26 heavy (non-hydrogen) atoms. The van der Waals surface area contributed by atoms with Gasteiger partial charge in [-0.25, -0.2) is 8.42 Å². The summed E-state index contributed by atoms with van der Waals surface area (Å²) in [7, 11) is -3.46. The quantitative estimate of drug-likeness (QED) is 0.814. The number of benzene rings is 2. The molecule has 2 aliphatic rings. The molecule has 0 saturated carbocycles. The van der Waals surface area contributed by atoms with Crippen molar-refractivity contribution < 1.29 is 8.42 Å². The average Bonchev–Trinajstić information content (AvgIpc) is 2.61. The second-order valence-electron chi connectivity index (χ2n) is 8.14. The zero-order chi connectivity index (χ0) is 18.5. The van der Waals surface area contributed by atoms with Crippen molar-refractivity contribution in [2.24, 2.45) is 0 Å². The molecular formula is C21H26N2O2S. The molecule has 2 heterocycles. The van der Waals surface area contributed by atoms with Gasteiger partial charge in [0, 0.05) is 37.6 Å². The molecule has 0 spiro atoms. The largest absolute Gasteiger partial charge is 0.293 e. The van der Waals surface area contributed by atoms with Crippen LogP contribution in [0.5, 0.6) is 0 Å². The molecule has 1 unspecified atom stereocenters. The van der Waals surface area contributed by atoms with E-state index in [-0.39, 0.29) is 11.5 Å². The first-order valence-corrected chi connectivity index (χ1v) is 10.6. The first-order valence-electron chi connectivity index (χ1n) is 9.19. The highest BCUT2D eigenvalue weighted by molar-refractivity contribution is 7.89. The van der Waals surface area contributed by atoms with Gasteiger partial charge in [0.05, 0.1) is 4.90 Å². The Bertz CT molecular complexity index is 937. The summed E-state index contributed by atoms with van der Waals surface area (Å²) in [4.78, 5) is 2.85. The van der Waals surface area contributed by atoms with E-state index in [9.17, 15) is 8.42 Å². The Balaban J connectivity index is 1.69. The van der Waals surface area contributed by atoms with E-state index in [1.807, 2.05) is 19.1 Å². The topological polar surface area (TPSA) is 40.6 Å². The van der Waals surface area contributed by atoms with Gasteiger partial charge in [-0.2, -0.15) is 4.31 Å². The highest BCUT2D eigenvalue weighted by atomic mass is 32.2. The molecule has 2 aliphatic heterocycles. The second-order valence-corrected chi connectivity index (χ2v) is 10.1. The minimum absolute atomic E-state index is 0.0880. The van der Waals surface area contributed by atoms with Gasteiger partial charge in [0.1, 0.15) is 0 Å². The van der Waals surface area contributed by atoms with E-state index in [0.717, 1.165) is 18.7 Å². The Kier molecular flexibility index (Phi) is 4.21. The van der Waals surface area contributed by atoms with Crippen molar-refractivity contribution in [3.8, 4) is 0 Å². The van der Waals surface area contributed by atoms with E-state index in [2.05, 4.69) is 43.0 Å². The zero-order valence-corrected chi connectivity index (χ0v) is 16.5. The fourth-order valence-electron chi connectivity index (χ4n) is 4.42. The van der Waals surface area contributed by atoms with Crippen LogP contribution >= 0.6 is 0 Å². The first-order chi connectivity index (χ1) is 12.3. The minimum atomic E-state index is -3.46. The Hall–Kier alpha value is -1.69. The van der Waals surface area contributed by atoms with Gasteiger partial charge >= 0.3 is 0 Å². The van der Waals surface area contributed by atoms with Gasteiger partial charge in [-0.3, -0.25) is 4.90 Å². The number of sulfonamides is 1. The van der Waals surface area contributed by atoms with E-state index in [4.69, 9.17) is 0 Å². The third-order valence-corrected chi connectivity index (χ3v) is 7.59. The first kappa shape index (κ1) is 17.7. The molecule has 4 nitrogen and oxygen atoms in total. The molecule has 1 atom stereocenters. The van der Waals surface area contributed by atoms with E-state index >= 15 is 0 Å². The van der Waals surface area contributed by atoms with Crippen molar-refractivity contribution in [3.63, 3.8) is 0 Å². The van der Waals surface area contributed by atoms with Gasteiger partial charge in [0.25, 0.3) is 0 Å². The van der Waals surface area contributed by atoms with Gasteiger partial charge < -0.3 is 0 Å². The van der Waals surface area contributed by atoms with Gasteiger partial charge in [-0.05, 0) is 35.7 Å². The summed E-state index contributed by atoms with van der Waals surface area (Å²) >= 11 is 0. The van der Waals surface area contributed by atoms with Crippen LogP contribution in [0.25, 0.3) is 0 Å². The van der Waals surface area contributed by atoms with E-state index in [1.165, 1.54) is 11.1 Å². The number of aryl methyl sites for hydroxylation is 1. The summed E-state index contributed by atoms with van der Waals surface area (Å²) < 4.78 is 28.0. The standard InChI is InChI=1S/C21H26N2O2S/c1-16-7-6-8-17(13-16)26(24,25)23-12-11-22-15-21(2,3)19-10-5-4-9-18(19)20(22)14-23/h4-10,13,20H,11-12,14-15H2,1-3H3. The SMILES string of the molecule is Cc1cccc(S(=O)(=O)N2CCN3CC(C)(C)c4ccccc4C3C2)c1. The number of nitrogens with zero attached hydrogens (tertiary/aromatic N) is 2. The molecule has 0 amide bonds. The molecular weight excluding hydrogens is 344 g/mol. The Morgan fingerprint density at radius 3 is 2.58 bits per heavy atom. The van der Waals surface area contributed by atoms with Crippen molar-refractivity contribution in [3.05, 3.63) is 65.2 Å². The molecule has 1 saturated heterocycles. The second kappa shape index (κ2) is 6.19. The molecule has 0 aliphatic carbocycles. The lowest BCUT2D eigenvalue weighted by Gasteiger charge is -2.49. The molecule has 0 bridgehead atoms. The predicted octanol–water partition coefficient (Wildman–Crippen LogP) is 3.33. The van der Waals surface area contributed by atoms with E-state index in [0.29, 0.717) is 18.0 Å². The Morgan fingerprint density at radius 2 is 1.81 bits per heavy atom. The van der Waals surface area contributed by atoms with Crippen LogP contribution in [0.3, 0.4) is 0 Å². The Morgan fingerprint density at radius 1 is 1.04 bits per heavy atom. The number of rotatable bonds is 2. The average molecular weight is 371 g/mol. The molecule has 5 heteroatoms. The van der Waals surface area contributed by atoms with E-state index < -0.39 is 10.0 Å². The summed E-state index contributed by atoms with van der Waals surface area (Å²) in [6.07, 6.45) is 0. The summed E-state index contributed by atoms with van der Waals surface area (Å²) in [5.74, 6) is 0. The number of fused-ring (bicyclic) bond motifs is 3. The van der Waals surface area contributed by atoms with Crippen molar-refractivity contribution in [1.82, 2.24) is 9.21 Å². The maximum absolute atomic E-state index is 13.2. The smallest absolute Gasteiger partial charge is 0.243 e. The fraction of sp³-hybridized carbons (Fsp3) is 0.429. The van der Waals surface area contributed by atoms with Crippen molar-refractivity contribution in [2.75, 3.05) is 26.2 Å². The maximum Gasteiger partial charge on any atom is 0.243 e. The van der Waals surface area contributed by atoms with Gasteiger partial charge in [0.15, 0.2) is 0 Å². The summed E-state index contributed by atoms with van der Waals surface area (Å²) in [6, 6.07) is 15.8. The summed E-state index contributed by atoms with van der Waals surface area (Å²) in [5.41, 5.74) is 3.67. The molecule has 2 aromatic rings. The Labute approximate surface area is 156 Å². The molecule has 0 radical (unpaired) electrons. The summed E-state index contributed by atoms with van der Waals surface area (Å²) in [6.45, 7) is 9.28. The lowest BCUT2D eigenvalue weighted by Crippen LogP contribution is -2.55. The molecule has 0 aromatic heterocycles. The van der Waals surface area contributed by atoms with Crippen LogP contribution in [0.4, 0.5) is 0 Å². The predicted molar refractivity (Wildman–Crippen MR) is 104 cm³/mol.